The van der Waals surface area contributed by atoms with Crippen molar-refractivity contribution in [3.8, 4) is 17.2 Å². The third-order valence-electron chi connectivity index (χ3n) is 5.13. The van der Waals surface area contributed by atoms with E-state index >= 15 is 0 Å². The van der Waals surface area contributed by atoms with E-state index in [1.165, 1.54) is 28.3 Å². The molecule has 0 aliphatic rings. The monoisotopic (exact) mass is 346 g/mol. The van der Waals surface area contributed by atoms with E-state index in [1.807, 2.05) is 24.3 Å². The molecular formula is C24H11FN2. The number of nitrogens with zero attached hydrogens (tertiary/aromatic N) is 2. The molecule has 5 aromatic rings. The maximum atomic E-state index is 14.2. The molecule has 0 saturated carbocycles. The fraction of sp³-hybridized carbons (Fsp3) is 0. The van der Waals surface area contributed by atoms with Crippen molar-refractivity contribution >= 4 is 38.0 Å². The van der Waals surface area contributed by atoms with E-state index in [0.717, 1.165) is 21.7 Å². The topological polar surface area (TPSA) is 28.1 Å². The zero-order valence-corrected chi connectivity index (χ0v) is 14.1. The van der Waals surface area contributed by atoms with Crippen molar-refractivity contribution in [3.63, 3.8) is 0 Å². The average Bonchev–Trinajstić information content (AvgIpc) is 2.72. The molecule has 0 N–H and O–H groups in total. The highest BCUT2D eigenvalue weighted by Gasteiger charge is 2.15. The molecule has 2 nitrogen and oxygen atoms in total. The first-order valence-electron chi connectivity index (χ1n) is 8.49. The summed E-state index contributed by atoms with van der Waals surface area (Å²) in [6, 6.07) is 23.5. The molecule has 5 rings (SSSR count). The summed E-state index contributed by atoms with van der Waals surface area (Å²) in [5.74, 6) is -0.756. The summed E-state index contributed by atoms with van der Waals surface area (Å²) in [5.41, 5.74) is 1.33. The first-order chi connectivity index (χ1) is 13.2. The summed E-state index contributed by atoms with van der Waals surface area (Å²) in [6.07, 6.45) is 0. The van der Waals surface area contributed by atoms with Crippen molar-refractivity contribution in [2.24, 2.45) is 0 Å². The highest BCUT2D eigenvalue weighted by molar-refractivity contribution is 6.25. The van der Waals surface area contributed by atoms with Crippen LogP contribution in [0.4, 0.5) is 10.1 Å². The van der Waals surface area contributed by atoms with Gasteiger partial charge >= 0.3 is 0 Å². The van der Waals surface area contributed by atoms with Crippen molar-refractivity contribution in [1.29, 1.82) is 5.26 Å². The lowest BCUT2D eigenvalue weighted by Gasteiger charge is -2.14. The summed E-state index contributed by atoms with van der Waals surface area (Å²) in [7, 11) is 0. The molecule has 27 heavy (non-hydrogen) atoms. The van der Waals surface area contributed by atoms with Crippen molar-refractivity contribution in [3.05, 3.63) is 89.5 Å². The first kappa shape index (κ1) is 15.3. The number of nitriles is 1. The van der Waals surface area contributed by atoms with E-state index < -0.39 is 5.82 Å². The van der Waals surface area contributed by atoms with E-state index in [2.05, 4.69) is 41.2 Å². The van der Waals surface area contributed by atoms with Crippen LogP contribution in [0, 0.1) is 23.7 Å². The van der Waals surface area contributed by atoms with E-state index in [4.69, 9.17) is 6.57 Å². The highest BCUT2D eigenvalue weighted by Crippen LogP contribution is 2.40. The molecular weight excluding hydrogens is 335 g/mol. The van der Waals surface area contributed by atoms with Gasteiger partial charge in [-0.3, -0.25) is 0 Å². The minimum atomic E-state index is -0.756. The summed E-state index contributed by atoms with van der Waals surface area (Å²) in [5, 5.41) is 16.1. The average molecular weight is 346 g/mol. The van der Waals surface area contributed by atoms with Crippen LogP contribution in [0.2, 0.25) is 0 Å². The molecule has 5 aromatic carbocycles. The van der Waals surface area contributed by atoms with Crippen molar-refractivity contribution in [1.82, 2.24) is 0 Å². The molecule has 0 heterocycles. The lowest BCUT2D eigenvalue weighted by Crippen LogP contribution is -1.90. The van der Waals surface area contributed by atoms with E-state index in [1.54, 1.807) is 0 Å². The molecule has 0 bridgehead atoms. The van der Waals surface area contributed by atoms with Gasteiger partial charge in [0, 0.05) is 0 Å². The number of halogens is 1. The third-order valence-corrected chi connectivity index (χ3v) is 5.13. The van der Waals surface area contributed by atoms with Crippen LogP contribution in [0.1, 0.15) is 5.56 Å². The van der Waals surface area contributed by atoms with Crippen LogP contribution in [-0.2, 0) is 0 Å². The molecule has 0 aromatic heterocycles. The van der Waals surface area contributed by atoms with E-state index in [9.17, 15) is 9.65 Å². The predicted molar refractivity (Wildman–Crippen MR) is 107 cm³/mol. The Labute approximate surface area is 154 Å². The minimum Gasteiger partial charge on any atom is -0.235 e. The quantitative estimate of drug-likeness (QED) is 0.242. The van der Waals surface area contributed by atoms with Gasteiger partial charge in [-0.1, -0.05) is 54.6 Å². The van der Waals surface area contributed by atoms with Gasteiger partial charge in [0.1, 0.15) is 11.9 Å². The molecule has 0 aliphatic carbocycles. The smallest absolute Gasteiger partial charge is 0.224 e. The Morgan fingerprint density at radius 1 is 0.852 bits per heavy atom. The normalized spacial score (nSPS) is 11.1. The van der Waals surface area contributed by atoms with Crippen LogP contribution < -0.4 is 0 Å². The second kappa shape index (κ2) is 5.53. The summed E-state index contributed by atoms with van der Waals surface area (Å²) in [4.78, 5) is 3.25. The fourth-order valence-corrected chi connectivity index (χ4v) is 3.91. The molecule has 0 aliphatic heterocycles. The summed E-state index contributed by atoms with van der Waals surface area (Å²) in [6.45, 7) is 7.22. The van der Waals surface area contributed by atoms with Gasteiger partial charge in [-0.05, 0) is 55.6 Å². The van der Waals surface area contributed by atoms with Crippen LogP contribution in [0.25, 0.3) is 48.3 Å². The molecule has 0 fully saturated rings. The van der Waals surface area contributed by atoms with Crippen LogP contribution in [-0.4, -0.2) is 0 Å². The highest BCUT2D eigenvalue weighted by atomic mass is 19.1. The largest absolute Gasteiger partial charge is 0.235 e. The molecule has 124 valence electrons. The maximum Gasteiger partial charge on any atom is 0.224 e. The Balaban J connectivity index is 1.93. The van der Waals surface area contributed by atoms with Crippen LogP contribution >= 0.6 is 0 Å². The SMILES string of the molecule is [C-]#[N+]c1cc(-c2ccc3ccc4cccc5ccc2c3c45)cc(C#N)c1F. The van der Waals surface area contributed by atoms with Crippen LogP contribution in [0.15, 0.2) is 66.7 Å². The number of benzene rings is 5. The maximum absolute atomic E-state index is 14.2. The molecule has 0 atom stereocenters. The van der Waals surface area contributed by atoms with Gasteiger partial charge in [-0.2, -0.15) is 5.26 Å². The van der Waals surface area contributed by atoms with Gasteiger partial charge in [-0.15, -0.1) is 0 Å². The van der Waals surface area contributed by atoms with E-state index in [0.29, 0.717) is 5.56 Å². The van der Waals surface area contributed by atoms with Crippen molar-refractivity contribution in [2.45, 2.75) is 0 Å². The molecule has 0 saturated heterocycles. The zero-order valence-electron chi connectivity index (χ0n) is 14.1. The number of hydrogen-bond acceptors (Lipinski definition) is 1. The van der Waals surface area contributed by atoms with Gasteiger partial charge in [0.25, 0.3) is 0 Å². The number of rotatable bonds is 1. The summed E-state index contributed by atoms with van der Waals surface area (Å²) >= 11 is 0. The lowest BCUT2D eigenvalue weighted by atomic mass is 9.89. The zero-order chi connectivity index (χ0) is 18.5. The van der Waals surface area contributed by atoms with Gasteiger partial charge < -0.3 is 0 Å². The number of hydrogen-bond donors (Lipinski definition) is 0. The second-order valence-corrected chi connectivity index (χ2v) is 6.55. The van der Waals surface area contributed by atoms with Gasteiger partial charge in [0.05, 0.1) is 12.1 Å². The standard InChI is InChI=1S/C24H11FN2/c1-27-21-12-17(11-18(13-26)24(21)25)19-9-7-16-6-5-14-3-2-4-15-8-10-20(19)23(16)22(14)15/h2-12H. The molecule has 0 spiro atoms. The second-order valence-electron chi connectivity index (χ2n) is 6.55. The van der Waals surface area contributed by atoms with Crippen molar-refractivity contribution in [2.75, 3.05) is 0 Å². The Bertz CT molecular complexity index is 1400. The summed E-state index contributed by atoms with van der Waals surface area (Å²) < 4.78 is 14.2. The Morgan fingerprint density at radius 3 is 2.22 bits per heavy atom. The third kappa shape index (κ3) is 2.09. The van der Waals surface area contributed by atoms with E-state index in [-0.39, 0.29) is 11.3 Å². The van der Waals surface area contributed by atoms with Gasteiger partial charge in [-0.25, -0.2) is 9.24 Å². The minimum absolute atomic E-state index is 0.107. The Kier molecular flexibility index (Phi) is 3.13. The van der Waals surface area contributed by atoms with Crippen molar-refractivity contribution < 1.29 is 4.39 Å². The molecule has 0 radical (unpaired) electrons. The van der Waals surface area contributed by atoms with Crippen LogP contribution in [0.3, 0.4) is 0 Å². The molecule has 0 amide bonds. The molecule has 3 heteroatoms. The molecule has 0 unspecified atom stereocenters. The first-order valence-corrected chi connectivity index (χ1v) is 8.49. The Hall–Kier alpha value is -3.95. The predicted octanol–water partition coefficient (Wildman–Crippen LogP) is 6.81. The van der Waals surface area contributed by atoms with Gasteiger partial charge in [0.15, 0.2) is 0 Å². The van der Waals surface area contributed by atoms with Crippen LogP contribution in [0.5, 0.6) is 0 Å². The Morgan fingerprint density at radius 2 is 1.52 bits per heavy atom. The van der Waals surface area contributed by atoms with Gasteiger partial charge in [0.2, 0.25) is 5.69 Å². The fourth-order valence-electron chi connectivity index (χ4n) is 3.91. The lowest BCUT2D eigenvalue weighted by molar-refractivity contribution is 0.630.